The van der Waals surface area contributed by atoms with Crippen molar-refractivity contribution in [1.29, 1.82) is 0 Å². The predicted molar refractivity (Wildman–Crippen MR) is 87.8 cm³/mol. The standard InChI is InChI=1S/C19H14N2O/c1-2-6-15(7-3-1)22-13-14-10-11-18-19(12-14)21-17-9-5-4-8-16(17)20-18/h1-12H,13H2. The normalized spacial score (nSPS) is 10.9. The highest BCUT2D eigenvalue weighted by Crippen LogP contribution is 2.18. The summed E-state index contributed by atoms with van der Waals surface area (Å²) in [5.41, 5.74) is 4.72. The lowest BCUT2D eigenvalue weighted by atomic mass is 10.2. The first-order valence-corrected chi connectivity index (χ1v) is 7.22. The van der Waals surface area contributed by atoms with Crippen molar-refractivity contribution >= 4 is 22.1 Å². The van der Waals surface area contributed by atoms with Crippen LogP contribution in [0.4, 0.5) is 0 Å². The lowest BCUT2D eigenvalue weighted by Crippen LogP contribution is -1.96. The smallest absolute Gasteiger partial charge is 0.119 e. The summed E-state index contributed by atoms with van der Waals surface area (Å²) in [6.07, 6.45) is 0. The fraction of sp³-hybridized carbons (Fsp3) is 0.0526. The first-order chi connectivity index (χ1) is 10.9. The minimum Gasteiger partial charge on any atom is -0.489 e. The molecular formula is C19H14N2O. The van der Waals surface area contributed by atoms with Crippen molar-refractivity contribution in [2.75, 3.05) is 0 Å². The monoisotopic (exact) mass is 286 g/mol. The number of ether oxygens (including phenoxy) is 1. The van der Waals surface area contributed by atoms with E-state index in [1.165, 1.54) is 0 Å². The van der Waals surface area contributed by atoms with Crippen LogP contribution in [0.3, 0.4) is 0 Å². The maximum Gasteiger partial charge on any atom is 0.119 e. The lowest BCUT2D eigenvalue weighted by Gasteiger charge is -2.07. The third-order valence-corrected chi connectivity index (χ3v) is 3.55. The number of para-hydroxylation sites is 3. The lowest BCUT2D eigenvalue weighted by molar-refractivity contribution is 0.306. The summed E-state index contributed by atoms with van der Waals surface area (Å²) >= 11 is 0. The van der Waals surface area contributed by atoms with Crippen molar-refractivity contribution in [3.05, 3.63) is 78.4 Å². The van der Waals surface area contributed by atoms with E-state index in [0.717, 1.165) is 33.4 Å². The van der Waals surface area contributed by atoms with Crippen LogP contribution in [0.1, 0.15) is 5.56 Å². The van der Waals surface area contributed by atoms with E-state index in [0.29, 0.717) is 6.61 Å². The average Bonchev–Trinajstić information content (AvgIpc) is 2.59. The van der Waals surface area contributed by atoms with E-state index in [9.17, 15) is 0 Å². The molecule has 3 aromatic carbocycles. The first kappa shape index (κ1) is 12.8. The van der Waals surface area contributed by atoms with Gasteiger partial charge in [0, 0.05) is 0 Å². The number of aromatic nitrogens is 2. The van der Waals surface area contributed by atoms with Crippen molar-refractivity contribution in [3.63, 3.8) is 0 Å². The van der Waals surface area contributed by atoms with Crippen molar-refractivity contribution in [2.24, 2.45) is 0 Å². The summed E-state index contributed by atoms with van der Waals surface area (Å²) in [4.78, 5) is 9.31. The number of hydrogen-bond acceptors (Lipinski definition) is 3. The summed E-state index contributed by atoms with van der Waals surface area (Å²) in [5, 5.41) is 0. The maximum atomic E-state index is 5.78. The predicted octanol–water partition coefficient (Wildman–Crippen LogP) is 4.36. The SMILES string of the molecule is c1ccc(OCc2ccc3nc4ccccc4nc3c2)cc1. The molecule has 0 fully saturated rings. The highest BCUT2D eigenvalue weighted by Gasteiger charge is 2.03. The van der Waals surface area contributed by atoms with E-state index in [-0.39, 0.29) is 0 Å². The Morgan fingerprint density at radius 3 is 2.05 bits per heavy atom. The number of benzene rings is 3. The molecule has 1 heterocycles. The molecule has 0 bridgehead atoms. The largest absolute Gasteiger partial charge is 0.489 e. The minimum atomic E-state index is 0.522. The van der Waals surface area contributed by atoms with E-state index >= 15 is 0 Å². The van der Waals surface area contributed by atoms with Gasteiger partial charge < -0.3 is 4.74 Å². The van der Waals surface area contributed by atoms with Gasteiger partial charge in [-0.05, 0) is 42.0 Å². The van der Waals surface area contributed by atoms with Gasteiger partial charge in [0.15, 0.2) is 0 Å². The van der Waals surface area contributed by atoms with E-state index in [4.69, 9.17) is 4.74 Å². The van der Waals surface area contributed by atoms with Crippen LogP contribution in [0.25, 0.3) is 22.1 Å². The molecule has 0 aliphatic carbocycles. The van der Waals surface area contributed by atoms with E-state index in [2.05, 4.69) is 9.97 Å². The average molecular weight is 286 g/mol. The van der Waals surface area contributed by atoms with Crippen LogP contribution in [-0.4, -0.2) is 9.97 Å². The highest BCUT2D eigenvalue weighted by atomic mass is 16.5. The Labute approximate surface area is 128 Å². The van der Waals surface area contributed by atoms with Crippen LogP contribution in [0.15, 0.2) is 72.8 Å². The highest BCUT2D eigenvalue weighted by molar-refractivity contribution is 5.86. The molecule has 0 aliphatic rings. The molecule has 4 aromatic rings. The maximum absolute atomic E-state index is 5.78. The van der Waals surface area contributed by atoms with E-state index < -0.39 is 0 Å². The second-order valence-electron chi connectivity index (χ2n) is 5.14. The van der Waals surface area contributed by atoms with Gasteiger partial charge in [-0.1, -0.05) is 36.4 Å². The van der Waals surface area contributed by atoms with Crippen LogP contribution in [0.5, 0.6) is 5.75 Å². The number of fused-ring (bicyclic) bond motifs is 2. The molecule has 4 rings (SSSR count). The molecule has 1 aromatic heterocycles. The summed E-state index contributed by atoms with van der Waals surface area (Å²) in [6.45, 7) is 0.522. The van der Waals surface area contributed by atoms with Crippen LogP contribution in [0, 0.1) is 0 Å². The molecule has 0 N–H and O–H groups in total. The molecule has 0 spiro atoms. The molecule has 0 amide bonds. The van der Waals surface area contributed by atoms with Gasteiger partial charge in [0.25, 0.3) is 0 Å². The zero-order valence-electron chi connectivity index (χ0n) is 11.9. The van der Waals surface area contributed by atoms with Crippen LogP contribution >= 0.6 is 0 Å². The summed E-state index contributed by atoms with van der Waals surface area (Å²) in [7, 11) is 0. The molecule has 0 atom stereocenters. The molecule has 106 valence electrons. The van der Waals surface area contributed by atoms with Crippen LogP contribution < -0.4 is 4.74 Å². The van der Waals surface area contributed by atoms with E-state index in [1.54, 1.807) is 0 Å². The number of nitrogens with zero attached hydrogens (tertiary/aromatic N) is 2. The topological polar surface area (TPSA) is 35.0 Å². The second kappa shape index (κ2) is 5.45. The zero-order chi connectivity index (χ0) is 14.8. The Bertz CT molecular complexity index is 935. The van der Waals surface area contributed by atoms with Crippen molar-refractivity contribution < 1.29 is 4.74 Å². The first-order valence-electron chi connectivity index (χ1n) is 7.22. The van der Waals surface area contributed by atoms with Gasteiger partial charge in [0.1, 0.15) is 12.4 Å². The Morgan fingerprint density at radius 2 is 1.27 bits per heavy atom. The van der Waals surface area contributed by atoms with Crippen molar-refractivity contribution in [2.45, 2.75) is 6.61 Å². The molecule has 3 nitrogen and oxygen atoms in total. The van der Waals surface area contributed by atoms with Gasteiger partial charge in [-0.3, -0.25) is 0 Å². The molecule has 0 saturated heterocycles. The van der Waals surface area contributed by atoms with E-state index in [1.807, 2.05) is 72.8 Å². The molecule has 0 unspecified atom stereocenters. The Morgan fingerprint density at radius 1 is 0.636 bits per heavy atom. The third kappa shape index (κ3) is 2.49. The van der Waals surface area contributed by atoms with Crippen LogP contribution in [-0.2, 0) is 6.61 Å². The molecule has 22 heavy (non-hydrogen) atoms. The van der Waals surface area contributed by atoms with Gasteiger partial charge in [-0.2, -0.15) is 0 Å². The zero-order valence-corrected chi connectivity index (χ0v) is 11.9. The number of rotatable bonds is 3. The molecule has 0 aliphatic heterocycles. The quantitative estimate of drug-likeness (QED) is 0.525. The summed E-state index contributed by atoms with van der Waals surface area (Å²) in [6, 6.07) is 23.8. The third-order valence-electron chi connectivity index (χ3n) is 3.55. The second-order valence-corrected chi connectivity index (χ2v) is 5.14. The molecule has 0 saturated carbocycles. The molecule has 3 heteroatoms. The van der Waals surface area contributed by atoms with Crippen LogP contribution in [0.2, 0.25) is 0 Å². The summed E-state index contributed by atoms with van der Waals surface area (Å²) in [5.74, 6) is 0.868. The van der Waals surface area contributed by atoms with Gasteiger partial charge in [0.2, 0.25) is 0 Å². The van der Waals surface area contributed by atoms with Gasteiger partial charge in [-0.15, -0.1) is 0 Å². The summed E-state index contributed by atoms with van der Waals surface area (Å²) < 4.78 is 5.78. The Balaban J connectivity index is 1.66. The van der Waals surface area contributed by atoms with Crippen molar-refractivity contribution in [3.8, 4) is 5.75 Å². The fourth-order valence-electron chi connectivity index (χ4n) is 2.44. The van der Waals surface area contributed by atoms with Crippen molar-refractivity contribution in [1.82, 2.24) is 9.97 Å². The van der Waals surface area contributed by atoms with Gasteiger partial charge in [-0.25, -0.2) is 9.97 Å². The number of hydrogen-bond donors (Lipinski definition) is 0. The van der Waals surface area contributed by atoms with Gasteiger partial charge >= 0.3 is 0 Å². The molecular weight excluding hydrogens is 272 g/mol. The molecule has 0 radical (unpaired) electrons. The Hall–Kier alpha value is -2.94. The minimum absolute atomic E-state index is 0.522. The fourth-order valence-corrected chi connectivity index (χ4v) is 2.44. The Kier molecular flexibility index (Phi) is 3.16. The van der Waals surface area contributed by atoms with Gasteiger partial charge in [0.05, 0.1) is 22.1 Å².